The maximum atomic E-state index is 11.8. The molecule has 0 aliphatic carbocycles. The first-order valence-corrected chi connectivity index (χ1v) is 6.37. The smallest absolute Gasteiger partial charge is 0.270 e. The molecular formula is C12H16ClN3O3. The number of nitro groups is 1. The summed E-state index contributed by atoms with van der Waals surface area (Å²) in [5, 5.41) is 16.7. The van der Waals surface area contributed by atoms with Gasteiger partial charge in [-0.25, -0.2) is 0 Å². The topological polar surface area (TPSA) is 84.3 Å². The molecule has 7 heteroatoms. The third-order valence-electron chi connectivity index (χ3n) is 2.47. The van der Waals surface area contributed by atoms with E-state index in [0.29, 0.717) is 6.54 Å². The van der Waals surface area contributed by atoms with Crippen LogP contribution in [0.5, 0.6) is 0 Å². The standard InChI is InChI=1S/C12H16ClN3O3/c1-2-14-6-3-7-15-12(17)10-8-9(16(18)19)4-5-11(10)13/h4-5,8,14H,2-3,6-7H2,1H3,(H,15,17). The lowest BCUT2D eigenvalue weighted by molar-refractivity contribution is -0.384. The zero-order valence-electron chi connectivity index (χ0n) is 10.6. The van der Waals surface area contributed by atoms with Gasteiger partial charge in [-0.1, -0.05) is 18.5 Å². The molecule has 0 aromatic heterocycles. The molecule has 0 saturated heterocycles. The lowest BCUT2D eigenvalue weighted by atomic mass is 10.2. The summed E-state index contributed by atoms with van der Waals surface area (Å²) in [6.45, 7) is 4.18. The zero-order chi connectivity index (χ0) is 14.3. The van der Waals surface area contributed by atoms with E-state index >= 15 is 0 Å². The number of nitro benzene ring substituents is 1. The van der Waals surface area contributed by atoms with E-state index in [1.165, 1.54) is 18.2 Å². The molecule has 0 spiro atoms. The summed E-state index contributed by atoms with van der Waals surface area (Å²) >= 11 is 5.86. The number of non-ortho nitro benzene ring substituents is 1. The van der Waals surface area contributed by atoms with Crippen molar-refractivity contribution < 1.29 is 9.72 Å². The van der Waals surface area contributed by atoms with Crippen molar-refractivity contribution in [3.05, 3.63) is 38.9 Å². The summed E-state index contributed by atoms with van der Waals surface area (Å²) in [5.41, 5.74) is -0.0264. The summed E-state index contributed by atoms with van der Waals surface area (Å²) in [4.78, 5) is 21.9. The van der Waals surface area contributed by atoms with Gasteiger partial charge < -0.3 is 10.6 Å². The lowest BCUT2D eigenvalue weighted by Gasteiger charge is -2.07. The number of amides is 1. The molecule has 0 aliphatic heterocycles. The van der Waals surface area contributed by atoms with Crippen LogP contribution in [-0.4, -0.2) is 30.5 Å². The summed E-state index contributed by atoms with van der Waals surface area (Å²) in [6, 6.07) is 3.81. The highest BCUT2D eigenvalue weighted by atomic mass is 35.5. The van der Waals surface area contributed by atoms with Crippen molar-refractivity contribution in [2.45, 2.75) is 13.3 Å². The summed E-state index contributed by atoms with van der Waals surface area (Å²) in [5.74, 6) is -0.398. The number of carbonyl (C=O) groups excluding carboxylic acids is 1. The van der Waals surface area contributed by atoms with E-state index < -0.39 is 10.8 Å². The Morgan fingerprint density at radius 2 is 2.16 bits per heavy atom. The van der Waals surface area contributed by atoms with Gasteiger partial charge in [0.15, 0.2) is 0 Å². The first kappa shape index (κ1) is 15.4. The molecule has 6 nitrogen and oxygen atoms in total. The van der Waals surface area contributed by atoms with Crippen LogP contribution in [0.4, 0.5) is 5.69 Å². The van der Waals surface area contributed by atoms with Gasteiger partial charge in [-0.05, 0) is 25.6 Å². The van der Waals surface area contributed by atoms with Crippen molar-refractivity contribution in [1.82, 2.24) is 10.6 Å². The van der Waals surface area contributed by atoms with Gasteiger partial charge in [0, 0.05) is 18.7 Å². The SMILES string of the molecule is CCNCCCNC(=O)c1cc([N+](=O)[O-])ccc1Cl. The largest absolute Gasteiger partial charge is 0.352 e. The monoisotopic (exact) mass is 285 g/mol. The predicted octanol–water partition coefficient (Wildman–Crippen LogP) is 1.98. The maximum absolute atomic E-state index is 11.8. The third-order valence-corrected chi connectivity index (χ3v) is 2.80. The number of hydrogen-bond acceptors (Lipinski definition) is 4. The fourth-order valence-electron chi connectivity index (χ4n) is 1.49. The van der Waals surface area contributed by atoms with Gasteiger partial charge in [0.25, 0.3) is 11.6 Å². The van der Waals surface area contributed by atoms with Crippen LogP contribution in [-0.2, 0) is 0 Å². The number of benzene rings is 1. The minimum Gasteiger partial charge on any atom is -0.352 e. The molecule has 0 atom stereocenters. The number of hydrogen-bond donors (Lipinski definition) is 2. The first-order valence-electron chi connectivity index (χ1n) is 5.99. The summed E-state index contributed by atoms with van der Waals surface area (Å²) in [7, 11) is 0. The molecule has 1 rings (SSSR count). The number of nitrogens with one attached hydrogen (secondary N) is 2. The molecule has 19 heavy (non-hydrogen) atoms. The van der Waals surface area contributed by atoms with Crippen LogP contribution in [0.1, 0.15) is 23.7 Å². The van der Waals surface area contributed by atoms with E-state index in [1.54, 1.807) is 0 Å². The van der Waals surface area contributed by atoms with Crippen molar-refractivity contribution in [2.75, 3.05) is 19.6 Å². The number of rotatable bonds is 7. The molecule has 0 aliphatic rings. The van der Waals surface area contributed by atoms with Gasteiger partial charge >= 0.3 is 0 Å². The molecule has 1 aromatic carbocycles. The Bertz CT molecular complexity index is 466. The second kappa shape index (κ2) is 7.70. The highest BCUT2D eigenvalue weighted by molar-refractivity contribution is 6.33. The fourth-order valence-corrected chi connectivity index (χ4v) is 1.69. The van der Waals surface area contributed by atoms with Gasteiger partial charge in [-0.2, -0.15) is 0 Å². The minimum atomic E-state index is -0.557. The molecule has 2 N–H and O–H groups in total. The van der Waals surface area contributed by atoms with E-state index in [4.69, 9.17) is 11.6 Å². The molecule has 0 unspecified atom stereocenters. The van der Waals surface area contributed by atoms with Crippen LogP contribution < -0.4 is 10.6 Å². The minimum absolute atomic E-state index is 0.124. The normalized spacial score (nSPS) is 10.2. The van der Waals surface area contributed by atoms with Gasteiger partial charge in [-0.15, -0.1) is 0 Å². The average molecular weight is 286 g/mol. The van der Waals surface area contributed by atoms with Crippen LogP contribution in [0, 0.1) is 10.1 Å². The molecule has 104 valence electrons. The Labute approximate surface area is 116 Å². The van der Waals surface area contributed by atoms with Gasteiger partial charge in [0.05, 0.1) is 15.5 Å². The second-order valence-corrected chi connectivity index (χ2v) is 4.29. The van der Waals surface area contributed by atoms with Crippen LogP contribution in [0.3, 0.4) is 0 Å². The van der Waals surface area contributed by atoms with Crippen molar-refractivity contribution in [2.24, 2.45) is 0 Å². The molecule has 1 aromatic rings. The van der Waals surface area contributed by atoms with Crippen molar-refractivity contribution in [3.8, 4) is 0 Å². The Morgan fingerprint density at radius 1 is 1.42 bits per heavy atom. The number of nitrogens with zero attached hydrogens (tertiary/aromatic N) is 1. The lowest BCUT2D eigenvalue weighted by Crippen LogP contribution is -2.27. The zero-order valence-corrected chi connectivity index (χ0v) is 11.4. The van der Waals surface area contributed by atoms with Crippen LogP contribution in [0.25, 0.3) is 0 Å². The molecule has 0 bridgehead atoms. The highest BCUT2D eigenvalue weighted by Gasteiger charge is 2.15. The van der Waals surface area contributed by atoms with Crippen molar-refractivity contribution >= 4 is 23.2 Å². The van der Waals surface area contributed by atoms with Gasteiger partial charge in [-0.3, -0.25) is 14.9 Å². The molecule has 0 radical (unpaired) electrons. The van der Waals surface area contributed by atoms with E-state index in [1.807, 2.05) is 6.92 Å². The molecule has 0 fully saturated rings. The summed E-state index contributed by atoms with van der Waals surface area (Å²) in [6.07, 6.45) is 0.784. The average Bonchev–Trinajstić information content (AvgIpc) is 2.38. The number of halogens is 1. The number of carbonyl (C=O) groups is 1. The van der Waals surface area contributed by atoms with Crippen LogP contribution in [0.2, 0.25) is 5.02 Å². The molecule has 1 amide bonds. The van der Waals surface area contributed by atoms with E-state index in [0.717, 1.165) is 19.5 Å². The van der Waals surface area contributed by atoms with Gasteiger partial charge in [0.1, 0.15) is 0 Å². The molecular weight excluding hydrogens is 270 g/mol. The molecule has 0 heterocycles. The maximum Gasteiger partial charge on any atom is 0.270 e. The van der Waals surface area contributed by atoms with Crippen molar-refractivity contribution in [3.63, 3.8) is 0 Å². The van der Waals surface area contributed by atoms with E-state index in [9.17, 15) is 14.9 Å². The fraction of sp³-hybridized carbons (Fsp3) is 0.417. The van der Waals surface area contributed by atoms with E-state index in [-0.39, 0.29) is 16.3 Å². The Kier molecular flexibility index (Phi) is 6.24. The first-order chi connectivity index (χ1) is 9.06. The van der Waals surface area contributed by atoms with Gasteiger partial charge in [0.2, 0.25) is 0 Å². The highest BCUT2D eigenvalue weighted by Crippen LogP contribution is 2.21. The van der Waals surface area contributed by atoms with Crippen molar-refractivity contribution in [1.29, 1.82) is 0 Å². The summed E-state index contributed by atoms with van der Waals surface area (Å²) < 4.78 is 0. The Balaban J connectivity index is 2.61. The van der Waals surface area contributed by atoms with Crippen LogP contribution >= 0.6 is 11.6 Å². The van der Waals surface area contributed by atoms with E-state index in [2.05, 4.69) is 10.6 Å². The quantitative estimate of drug-likeness (QED) is 0.456. The Morgan fingerprint density at radius 3 is 2.79 bits per heavy atom. The second-order valence-electron chi connectivity index (χ2n) is 3.88. The predicted molar refractivity (Wildman–Crippen MR) is 73.6 cm³/mol. The third kappa shape index (κ3) is 4.84. The van der Waals surface area contributed by atoms with Crippen LogP contribution in [0.15, 0.2) is 18.2 Å². The Hall–Kier alpha value is -1.66. The molecule has 0 saturated carbocycles.